The molecule has 2 heterocycles. The highest BCUT2D eigenvalue weighted by molar-refractivity contribution is 5.97. The fraction of sp³-hybridized carbons (Fsp3) is 0.381. The minimum absolute atomic E-state index is 0.0566. The van der Waals surface area contributed by atoms with E-state index in [9.17, 15) is 14.7 Å². The molecule has 0 radical (unpaired) electrons. The summed E-state index contributed by atoms with van der Waals surface area (Å²) >= 11 is 0. The lowest BCUT2D eigenvalue weighted by Gasteiger charge is -2.38. The van der Waals surface area contributed by atoms with Crippen molar-refractivity contribution >= 4 is 17.7 Å². The Bertz CT molecular complexity index is 861. The first-order chi connectivity index (χ1) is 13.9. The van der Waals surface area contributed by atoms with E-state index in [2.05, 4.69) is 4.98 Å². The highest BCUT2D eigenvalue weighted by atomic mass is 16.5. The van der Waals surface area contributed by atoms with Crippen LogP contribution >= 0.6 is 0 Å². The molecule has 1 aromatic carbocycles. The standard InChI is InChI=1S/C21H26N4O4/c1-14(2)29-16-7-5-15(6-8-16)18(21(27)28)24-10-12-25(13-11-24)20-17(19(22)26)4-3-9-23-20/h3-9,14,18H,10-13H2,1-2H3,(H2,22,26)(H,27,28). The van der Waals surface area contributed by atoms with Crippen molar-refractivity contribution in [2.75, 3.05) is 31.1 Å². The first-order valence-corrected chi connectivity index (χ1v) is 9.60. The lowest BCUT2D eigenvalue weighted by Crippen LogP contribution is -2.50. The van der Waals surface area contributed by atoms with Crippen molar-refractivity contribution in [3.05, 3.63) is 53.7 Å². The van der Waals surface area contributed by atoms with E-state index in [4.69, 9.17) is 10.5 Å². The summed E-state index contributed by atoms with van der Waals surface area (Å²) in [4.78, 5) is 31.8. The first-order valence-electron chi connectivity index (χ1n) is 9.60. The van der Waals surface area contributed by atoms with Crippen LogP contribution < -0.4 is 15.4 Å². The second-order valence-electron chi connectivity index (χ2n) is 7.24. The van der Waals surface area contributed by atoms with Gasteiger partial charge in [0.2, 0.25) is 0 Å². The smallest absolute Gasteiger partial charge is 0.325 e. The Kier molecular flexibility index (Phi) is 6.33. The molecule has 1 fully saturated rings. The third kappa shape index (κ3) is 4.83. The lowest BCUT2D eigenvalue weighted by molar-refractivity contribution is -0.143. The second-order valence-corrected chi connectivity index (χ2v) is 7.24. The lowest BCUT2D eigenvalue weighted by atomic mass is 10.0. The second kappa shape index (κ2) is 8.91. The summed E-state index contributed by atoms with van der Waals surface area (Å²) in [6.45, 7) is 6.04. The van der Waals surface area contributed by atoms with Crippen LogP contribution in [-0.4, -0.2) is 59.1 Å². The Hall–Kier alpha value is -3.13. The van der Waals surface area contributed by atoms with Gasteiger partial charge in [0.25, 0.3) is 5.91 Å². The maximum absolute atomic E-state index is 12.0. The average molecular weight is 398 g/mol. The normalized spacial score (nSPS) is 15.9. The van der Waals surface area contributed by atoms with Gasteiger partial charge in [-0.3, -0.25) is 14.5 Å². The van der Waals surface area contributed by atoms with Gasteiger partial charge >= 0.3 is 5.97 Å². The molecule has 2 aromatic rings. The number of nitrogens with two attached hydrogens (primary N) is 1. The van der Waals surface area contributed by atoms with Crippen LogP contribution in [0, 0.1) is 0 Å². The molecule has 1 aromatic heterocycles. The summed E-state index contributed by atoms with van der Waals surface area (Å²) in [5.74, 6) is -0.164. The van der Waals surface area contributed by atoms with E-state index in [0.29, 0.717) is 48.9 Å². The van der Waals surface area contributed by atoms with Gasteiger partial charge in [-0.05, 0) is 43.7 Å². The van der Waals surface area contributed by atoms with Crippen molar-refractivity contribution < 1.29 is 19.4 Å². The van der Waals surface area contributed by atoms with Gasteiger partial charge in [0.15, 0.2) is 0 Å². The summed E-state index contributed by atoms with van der Waals surface area (Å²) in [5.41, 5.74) is 6.53. The monoisotopic (exact) mass is 398 g/mol. The molecule has 0 saturated carbocycles. The van der Waals surface area contributed by atoms with E-state index in [-0.39, 0.29) is 6.10 Å². The number of nitrogens with zero attached hydrogens (tertiary/aromatic N) is 3. The van der Waals surface area contributed by atoms with E-state index >= 15 is 0 Å². The first kappa shape index (κ1) is 20.6. The Balaban J connectivity index is 1.72. The van der Waals surface area contributed by atoms with Crippen LogP contribution in [0.1, 0.15) is 35.8 Å². The number of primary amides is 1. The van der Waals surface area contributed by atoms with Gasteiger partial charge in [0.1, 0.15) is 17.6 Å². The van der Waals surface area contributed by atoms with Gasteiger partial charge in [0.05, 0.1) is 11.7 Å². The number of pyridine rings is 1. The quantitative estimate of drug-likeness (QED) is 0.733. The van der Waals surface area contributed by atoms with Gasteiger partial charge in [-0.1, -0.05) is 12.1 Å². The number of piperazine rings is 1. The Labute approximate surface area is 169 Å². The molecule has 1 aliphatic heterocycles. The van der Waals surface area contributed by atoms with Crippen molar-refractivity contribution in [3.63, 3.8) is 0 Å². The molecular formula is C21H26N4O4. The van der Waals surface area contributed by atoms with Crippen molar-refractivity contribution in [2.45, 2.75) is 26.0 Å². The van der Waals surface area contributed by atoms with Crippen LogP contribution in [0.4, 0.5) is 5.82 Å². The number of aromatic nitrogens is 1. The van der Waals surface area contributed by atoms with Crippen LogP contribution in [0.2, 0.25) is 0 Å². The molecule has 154 valence electrons. The maximum atomic E-state index is 12.0. The minimum Gasteiger partial charge on any atom is -0.491 e. The Morgan fingerprint density at radius 2 is 1.76 bits per heavy atom. The molecule has 0 spiro atoms. The molecular weight excluding hydrogens is 372 g/mol. The largest absolute Gasteiger partial charge is 0.491 e. The summed E-state index contributed by atoms with van der Waals surface area (Å²) in [6, 6.07) is 9.78. The van der Waals surface area contributed by atoms with Crippen LogP contribution in [0.3, 0.4) is 0 Å². The number of benzene rings is 1. The topological polar surface area (TPSA) is 109 Å². The van der Waals surface area contributed by atoms with Crippen molar-refractivity contribution in [1.29, 1.82) is 0 Å². The van der Waals surface area contributed by atoms with Crippen LogP contribution in [-0.2, 0) is 4.79 Å². The number of rotatable bonds is 7. The van der Waals surface area contributed by atoms with Gasteiger partial charge < -0.3 is 20.5 Å². The molecule has 8 nitrogen and oxygen atoms in total. The number of carboxylic acids is 1. The van der Waals surface area contributed by atoms with E-state index < -0.39 is 17.9 Å². The van der Waals surface area contributed by atoms with Crippen molar-refractivity contribution in [3.8, 4) is 5.75 Å². The molecule has 8 heteroatoms. The van der Waals surface area contributed by atoms with Crippen LogP contribution in [0.5, 0.6) is 5.75 Å². The number of carbonyl (C=O) groups is 2. The number of hydrogen-bond acceptors (Lipinski definition) is 6. The third-order valence-corrected chi connectivity index (χ3v) is 4.83. The molecule has 1 unspecified atom stereocenters. The molecule has 1 saturated heterocycles. The fourth-order valence-electron chi connectivity index (χ4n) is 3.54. The van der Waals surface area contributed by atoms with Gasteiger partial charge in [-0.15, -0.1) is 0 Å². The number of ether oxygens (including phenoxy) is 1. The zero-order valence-corrected chi connectivity index (χ0v) is 16.6. The Morgan fingerprint density at radius 1 is 1.10 bits per heavy atom. The summed E-state index contributed by atoms with van der Waals surface area (Å²) in [5, 5.41) is 9.83. The molecule has 1 amide bonds. The van der Waals surface area contributed by atoms with Crippen LogP contribution in [0.25, 0.3) is 0 Å². The SMILES string of the molecule is CC(C)Oc1ccc(C(C(=O)O)N2CCN(c3ncccc3C(N)=O)CC2)cc1. The number of hydrogen-bond donors (Lipinski definition) is 2. The van der Waals surface area contributed by atoms with E-state index in [0.717, 1.165) is 0 Å². The van der Waals surface area contributed by atoms with Gasteiger partial charge in [0, 0.05) is 32.4 Å². The number of carbonyl (C=O) groups excluding carboxylic acids is 1. The summed E-state index contributed by atoms with van der Waals surface area (Å²) in [7, 11) is 0. The zero-order chi connectivity index (χ0) is 21.0. The highest BCUT2D eigenvalue weighted by Crippen LogP contribution is 2.27. The predicted molar refractivity (Wildman–Crippen MR) is 109 cm³/mol. The minimum atomic E-state index is -0.897. The number of anilines is 1. The number of amides is 1. The molecule has 1 aliphatic rings. The number of carboxylic acid groups (broad SMARTS) is 1. The fourth-order valence-corrected chi connectivity index (χ4v) is 3.54. The van der Waals surface area contributed by atoms with Crippen molar-refractivity contribution in [2.24, 2.45) is 5.73 Å². The predicted octanol–water partition coefficient (Wildman–Crippen LogP) is 1.92. The van der Waals surface area contributed by atoms with Gasteiger partial charge in [-0.25, -0.2) is 4.98 Å². The van der Waals surface area contributed by atoms with Crippen LogP contribution in [0.15, 0.2) is 42.6 Å². The number of aliphatic carboxylic acids is 1. The van der Waals surface area contributed by atoms with E-state index in [1.807, 2.05) is 23.6 Å². The molecule has 3 rings (SSSR count). The molecule has 3 N–H and O–H groups in total. The third-order valence-electron chi connectivity index (χ3n) is 4.83. The summed E-state index contributed by atoms with van der Waals surface area (Å²) < 4.78 is 5.64. The maximum Gasteiger partial charge on any atom is 0.325 e. The molecule has 0 bridgehead atoms. The van der Waals surface area contributed by atoms with E-state index in [1.165, 1.54) is 0 Å². The van der Waals surface area contributed by atoms with Crippen molar-refractivity contribution in [1.82, 2.24) is 9.88 Å². The highest BCUT2D eigenvalue weighted by Gasteiger charge is 2.31. The molecule has 1 atom stereocenters. The Morgan fingerprint density at radius 3 is 2.31 bits per heavy atom. The van der Waals surface area contributed by atoms with Gasteiger partial charge in [-0.2, -0.15) is 0 Å². The average Bonchev–Trinajstić information content (AvgIpc) is 2.69. The molecule has 29 heavy (non-hydrogen) atoms. The molecule has 0 aliphatic carbocycles. The zero-order valence-electron chi connectivity index (χ0n) is 16.6. The summed E-state index contributed by atoms with van der Waals surface area (Å²) in [6.07, 6.45) is 1.68. The van der Waals surface area contributed by atoms with E-state index in [1.54, 1.807) is 42.6 Å².